The molecule has 1 heterocycles. The summed E-state index contributed by atoms with van der Waals surface area (Å²) >= 11 is 0. The number of piperidine rings is 1. The molecule has 0 bridgehead atoms. The van der Waals surface area contributed by atoms with E-state index in [1.807, 2.05) is 0 Å². The first-order chi connectivity index (χ1) is 5.90. The molecule has 1 aliphatic carbocycles. The molecule has 0 amide bonds. The highest BCUT2D eigenvalue weighted by Crippen LogP contribution is 2.31. The second kappa shape index (κ2) is 6.89. The zero-order valence-electron chi connectivity index (χ0n) is 8.65. The molecule has 0 aromatic rings. The second-order valence-corrected chi connectivity index (χ2v) is 4.32. The quantitative estimate of drug-likeness (QED) is 0.819. The smallest absolute Gasteiger partial charge is 0.0218 e. The number of rotatable bonds is 3. The molecule has 0 aromatic heterocycles. The molecule has 1 saturated heterocycles. The minimum absolute atomic E-state index is 0. The summed E-state index contributed by atoms with van der Waals surface area (Å²) in [7, 11) is 0. The molecule has 1 saturated carbocycles. The summed E-state index contributed by atoms with van der Waals surface area (Å²) in [5.41, 5.74) is 5.75. The molecule has 86 valence electrons. The Balaban J connectivity index is 0.000000845. The number of nitrogens with two attached hydrogens (primary N) is 1. The van der Waals surface area contributed by atoms with Crippen molar-refractivity contribution in [2.45, 2.75) is 38.1 Å². The van der Waals surface area contributed by atoms with Crippen molar-refractivity contribution in [2.75, 3.05) is 19.6 Å². The van der Waals surface area contributed by atoms with Crippen LogP contribution in [-0.4, -0.2) is 30.6 Å². The van der Waals surface area contributed by atoms with E-state index < -0.39 is 0 Å². The first-order valence-electron chi connectivity index (χ1n) is 5.34. The lowest BCUT2D eigenvalue weighted by Gasteiger charge is -2.34. The molecule has 0 aromatic carbocycles. The van der Waals surface area contributed by atoms with E-state index in [0.717, 1.165) is 12.5 Å². The molecule has 0 spiro atoms. The molecule has 2 rings (SSSR count). The number of nitrogens with zero attached hydrogens (tertiary/aromatic N) is 1. The highest BCUT2D eigenvalue weighted by molar-refractivity contribution is 5.85. The van der Waals surface area contributed by atoms with Gasteiger partial charge in [-0.05, 0) is 38.1 Å². The summed E-state index contributed by atoms with van der Waals surface area (Å²) in [6, 6.07) is 0.708. The first-order valence-corrected chi connectivity index (χ1v) is 5.34. The van der Waals surface area contributed by atoms with Crippen LogP contribution in [0.2, 0.25) is 0 Å². The van der Waals surface area contributed by atoms with Gasteiger partial charge in [0, 0.05) is 19.1 Å². The van der Waals surface area contributed by atoms with E-state index in [2.05, 4.69) is 4.90 Å². The number of likely N-dealkylation sites (tertiary alicyclic amines) is 1. The molecule has 2 fully saturated rings. The molecule has 4 heteroatoms. The van der Waals surface area contributed by atoms with Gasteiger partial charge in [0.25, 0.3) is 0 Å². The minimum atomic E-state index is 0. The topological polar surface area (TPSA) is 29.3 Å². The second-order valence-electron chi connectivity index (χ2n) is 4.32. The number of hydrogen-bond donors (Lipinski definition) is 1. The molecule has 2 N–H and O–H groups in total. The Morgan fingerprint density at radius 3 is 2.36 bits per heavy atom. The number of hydrogen-bond acceptors (Lipinski definition) is 2. The van der Waals surface area contributed by atoms with Crippen molar-refractivity contribution in [3.05, 3.63) is 0 Å². The SMILES string of the molecule is Cl.Cl.NCC1CCCCN1CC1CC1. The molecule has 14 heavy (non-hydrogen) atoms. The summed E-state index contributed by atoms with van der Waals surface area (Å²) < 4.78 is 0. The van der Waals surface area contributed by atoms with Crippen molar-refractivity contribution in [1.29, 1.82) is 0 Å². The van der Waals surface area contributed by atoms with Crippen molar-refractivity contribution in [3.8, 4) is 0 Å². The largest absolute Gasteiger partial charge is 0.329 e. The summed E-state index contributed by atoms with van der Waals surface area (Å²) in [5.74, 6) is 1.03. The highest BCUT2D eigenvalue weighted by Gasteiger charge is 2.28. The Kier molecular flexibility index (Phi) is 7.13. The van der Waals surface area contributed by atoms with Gasteiger partial charge >= 0.3 is 0 Å². The Morgan fingerprint density at radius 2 is 1.79 bits per heavy atom. The van der Waals surface area contributed by atoms with E-state index >= 15 is 0 Å². The van der Waals surface area contributed by atoms with Gasteiger partial charge in [0.15, 0.2) is 0 Å². The maximum absolute atomic E-state index is 5.75. The van der Waals surface area contributed by atoms with Crippen LogP contribution in [0.25, 0.3) is 0 Å². The lowest BCUT2D eigenvalue weighted by atomic mass is 10.0. The summed E-state index contributed by atoms with van der Waals surface area (Å²) in [5, 5.41) is 0. The number of halogens is 2. The van der Waals surface area contributed by atoms with Crippen LogP contribution in [0.5, 0.6) is 0 Å². The molecule has 2 nitrogen and oxygen atoms in total. The maximum atomic E-state index is 5.75. The summed E-state index contributed by atoms with van der Waals surface area (Å²) in [6.07, 6.45) is 7.05. The van der Waals surface area contributed by atoms with Crippen molar-refractivity contribution in [3.63, 3.8) is 0 Å². The van der Waals surface area contributed by atoms with Gasteiger partial charge in [-0.15, -0.1) is 24.8 Å². The van der Waals surface area contributed by atoms with E-state index in [1.54, 1.807) is 0 Å². The Labute approximate surface area is 99.4 Å². The third kappa shape index (κ3) is 3.93. The van der Waals surface area contributed by atoms with Crippen LogP contribution in [0.1, 0.15) is 32.1 Å². The van der Waals surface area contributed by atoms with E-state index in [-0.39, 0.29) is 24.8 Å². The maximum Gasteiger partial charge on any atom is 0.0218 e. The van der Waals surface area contributed by atoms with Crippen LogP contribution in [0.15, 0.2) is 0 Å². The van der Waals surface area contributed by atoms with E-state index in [1.165, 1.54) is 45.2 Å². The standard InChI is InChI=1S/C10H20N2.2ClH/c11-7-10-3-1-2-6-12(10)8-9-4-5-9;;/h9-10H,1-8,11H2;2*1H. The van der Waals surface area contributed by atoms with Gasteiger partial charge in [0.1, 0.15) is 0 Å². The van der Waals surface area contributed by atoms with Crippen molar-refractivity contribution < 1.29 is 0 Å². The Morgan fingerprint density at radius 1 is 1.07 bits per heavy atom. The van der Waals surface area contributed by atoms with E-state index in [4.69, 9.17) is 5.73 Å². The molecule has 2 aliphatic rings. The van der Waals surface area contributed by atoms with Gasteiger partial charge in [0.05, 0.1) is 0 Å². The fourth-order valence-electron chi connectivity index (χ4n) is 2.20. The van der Waals surface area contributed by atoms with Gasteiger partial charge in [0.2, 0.25) is 0 Å². The van der Waals surface area contributed by atoms with Crippen LogP contribution >= 0.6 is 24.8 Å². The van der Waals surface area contributed by atoms with Crippen LogP contribution < -0.4 is 5.73 Å². The fourth-order valence-corrected chi connectivity index (χ4v) is 2.20. The lowest BCUT2D eigenvalue weighted by molar-refractivity contribution is 0.146. The van der Waals surface area contributed by atoms with Crippen molar-refractivity contribution in [2.24, 2.45) is 11.7 Å². The molecular formula is C10H22Cl2N2. The Bertz CT molecular complexity index is 151. The summed E-state index contributed by atoms with van der Waals surface area (Å²) in [6.45, 7) is 3.51. The van der Waals surface area contributed by atoms with Gasteiger partial charge < -0.3 is 5.73 Å². The van der Waals surface area contributed by atoms with Crippen molar-refractivity contribution >= 4 is 24.8 Å². The zero-order valence-corrected chi connectivity index (χ0v) is 10.3. The normalized spacial score (nSPS) is 27.6. The average molecular weight is 241 g/mol. The molecule has 1 aliphatic heterocycles. The third-order valence-electron chi connectivity index (χ3n) is 3.21. The monoisotopic (exact) mass is 240 g/mol. The molecule has 1 atom stereocenters. The van der Waals surface area contributed by atoms with Crippen molar-refractivity contribution in [1.82, 2.24) is 4.90 Å². The first kappa shape index (κ1) is 14.5. The van der Waals surface area contributed by atoms with E-state index in [9.17, 15) is 0 Å². The predicted molar refractivity (Wildman–Crippen MR) is 65.5 cm³/mol. The fraction of sp³-hybridized carbons (Fsp3) is 1.00. The third-order valence-corrected chi connectivity index (χ3v) is 3.21. The van der Waals surface area contributed by atoms with Gasteiger partial charge in [-0.1, -0.05) is 6.42 Å². The molecule has 1 unspecified atom stereocenters. The van der Waals surface area contributed by atoms with Gasteiger partial charge in [-0.25, -0.2) is 0 Å². The zero-order chi connectivity index (χ0) is 8.39. The van der Waals surface area contributed by atoms with E-state index in [0.29, 0.717) is 6.04 Å². The Hall–Kier alpha value is 0.500. The minimum Gasteiger partial charge on any atom is -0.329 e. The van der Waals surface area contributed by atoms with Gasteiger partial charge in [-0.3, -0.25) is 4.90 Å². The highest BCUT2D eigenvalue weighted by atomic mass is 35.5. The average Bonchev–Trinajstić information content (AvgIpc) is 2.89. The van der Waals surface area contributed by atoms with Crippen LogP contribution in [0.3, 0.4) is 0 Å². The lowest BCUT2D eigenvalue weighted by Crippen LogP contribution is -2.44. The molecular weight excluding hydrogens is 219 g/mol. The predicted octanol–water partition coefficient (Wildman–Crippen LogP) is 2.05. The molecule has 0 radical (unpaired) electrons. The van der Waals surface area contributed by atoms with Gasteiger partial charge in [-0.2, -0.15) is 0 Å². The van der Waals surface area contributed by atoms with Crippen LogP contribution in [0.4, 0.5) is 0 Å². The van der Waals surface area contributed by atoms with Crippen LogP contribution in [0, 0.1) is 5.92 Å². The van der Waals surface area contributed by atoms with Crippen LogP contribution in [-0.2, 0) is 0 Å². The summed E-state index contributed by atoms with van der Waals surface area (Å²) in [4.78, 5) is 2.63.